The summed E-state index contributed by atoms with van der Waals surface area (Å²) in [7, 11) is 0. The number of thiol groups is 1. The molecule has 50 valence electrons. The van der Waals surface area contributed by atoms with Crippen LogP contribution < -0.4 is 0 Å². The van der Waals surface area contributed by atoms with E-state index >= 15 is 0 Å². The molecule has 0 heterocycles. The van der Waals surface area contributed by atoms with Crippen LogP contribution in [-0.4, -0.2) is 11.8 Å². The number of ketones is 1. The van der Waals surface area contributed by atoms with Crippen molar-refractivity contribution < 1.29 is 13.8 Å². The molecule has 0 aromatic carbocycles. The highest BCUT2D eigenvalue weighted by atomic mass is 32.1. The Kier molecular flexibility index (Phi) is 3.79. The fourth-order valence-electron chi connectivity index (χ4n) is 0.247. The summed E-state index contributed by atoms with van der Waals surface area (Å²) in [6, 6.07) is 0. The summed E-state index contributed by atoms with van der Waals surface area (Å²) < 4.78 is 3.91. The molecule has 0 fully saturated rings. The zero-order valence-electron chi connectivity index (χ0n) is 4.66. The molecule has 0 aliphatic heterocycles. The molecule has 0 bridgehead atoms. The van der Waals surface area contributed by atoms with Crippen molar-refractivity contribution in [2.24, 2.45) is 0 Å². The van der Waals surface area contributed by atoms with E-state index in [1.807, 2.05) is 0 Å². The SMILES string of the molecule is C=CC(=O)CC(=O)OS. The summed E-state index contributed by atoms with van der Waals surface area (Å²) in [6.07, 6.45) is 0.775. The first-order chi connectivity index (χ1) is 4.20. The van der Waals surface area contributed by atoms with Crippen molar-refractivity contribution in [3.05, 3.63) is 12.7 Å². The van der Waals surface area contributed by atoms with Crippen LogP contribution in [0.25, 0.3) is 0 Å². The van der Waals surface area contributed by atoms with Crippen LogP contribution >= 0.6 is 12.9 Å². The van der Waals surface area contributed by atoms with E-state index in [1.54, 1.807) is 0 Å². The molecule has 0 saturated carbocycles. The van der Waals surface area contributed by atoms with Gasteiger partial charge in [0.1, 0.15) is 6.42 Å². The highest BCUT2D eigenvalue weighted by Gasteiger charge is 2.04. The first kappa shape index (κ1) is 8.23. The molecular weight excluding hydrogens is 140 g/mol. The Morgan fingerprint density at radius 1 is 1.67 bits per heavy atom. The fourth-order valence-corrected chi connectivity index (χ4v) is 0.311. The third-order valence-electron chi connectivity index (χ3n) is 0.648. The predicted octanol–water partition coefficient (Wildman–Crippen LogP) is 0.520. The maximum atomic E-state index is 10.3. The van der Waals surface area contributed by atoms with Crippen molar-refractivity contribution >= 4 is 24.7 Å². The number of hydrogen-bond donors (Lipinski definition) is 1. The molecular formula is C5H6O3S. The van der Waals surface area contributed by atoms with Gasteiger partial charge in [0.05, 0.1) is 0 Å². The molecule has 0 saturated heterocycles. The van der Waals surface area contributed by atoms with Crippen LogP contribution in [0.4, 0.5) is 0 Å². The zero-order chi connectivity index (χ0) is 7.28. The minimum atomic E-state index is -0.664. The second-order valence-electron chi connectivity index (χ2n) is 1.31. The molecule has 0 rings (SSSR count). The third-order valence-corrected chi connectivity index (χ3v) is 0.852. The number of carbonyl (C=O) groups excluding carboxylic acids is 2. The summed E-state index contributed by atoms with van der Waals surface area (Å²) in [5.74, 6) is -1.03. The van der Waals surface area contributed by atoms with Crippen molar-refractivity contribution in [2.75, 3.05) is 0 Å². The van der Waals surface area contributed by atoms with Gasteiger partial charge in [0.25, 0.3) is 0 Å². The lowest BCUT2D eigenvalue weighted by atomic mass is 10.3. The van der Waals surface area contributed by atoms with Crippen molar-refractivity contribution in [1.82, 2.24) is 0 Å². The molecule has 0 radical (unpaired) electrons. The number of allylic oxidation sites excluding steroid dienone is 1. The van der Waals surface area contributed by atoms with Crippen molar-refractivity contribution in [2.45, 2.75) is 6.42 Å². The number of hydrogen-bond acceptors (Lipinski definition) is 4. The largest absolute Gasteiger partial charge is 0.394 e. The summed E-state index contributed by atoms with van der Waals surface area (Å²) in [5, 5.41) is 0. The summed E-state index contributed by atoms with van der Waals surface area (Å²) >= 11 is 3.19. The maximum absolute atomic E-state index is 10.3. The molecule has 0 N–H and O–H groups in total. The molecule has 4 heteroatoms. The van der Waals surface area contributed by atoms with Crippen LogP contribution in [0.1, 0.15) is 6.42 Å². The zero-order valence-corrected chi connectivity index (χ0v) is 5.56. The van der Waals surface area contributed by atoms with Gasteiger partial charge in [-0.2, -0.15) is 0 Å². The predicted molar refractivity (Wildman–Crippen MR) is 34.9 cm³/mol. The van der Waals surface area contributed by atoms with E-state index in [0.29, 0.717) is 0 Å². The van der Waals surface area contributed by atoms with Gasteiger partial charge in [-0.05, 0) is 6.08 Å². The first-order valence-corrected chi connectivity index (χ1v) is 2.56. The smallest absolute Gasteiger partial charge is 0.325 e. The average Bonchev–Trinajstić information content (AvgIpc) is 1.87. The van der Waals surface area contributed by atoms with E-state index < -0.39 is 5.97 Å². The molecule has 0 aliphatic carbocycles. The third kappa shape index (κ3) is 3.78. The van der Waals surface area contributed by atoms with E-state index in [1.165, 1.54) is 0 Å². The first-order valence-electron chi connectivity index (χ1n) is 2.20. The van der Waals surface area contributed by atoms with Crippen LogP contribution in [0, 0.1) is 0 Å². The van der Waals surface area contributed by atoms with Gasteiger partial charge >= 0.3 is 5.97 Å². The molecule has 0 unspecified atom stereocenters. The minimum Gasteiger partial charge on any atom is -0.394 e. The Morgan fingerprint density at radius 2 is 2.22 bits per heavy atom. The minimum absolute atomic E-state index is 0.285. The van der Waals surface area contributed by atoms with Gasteiger partial charge in [0.2, 0.25) is 0 Å². The Hall–Kier alpha value is -0.770. The molecule has 0 spiro atoms. The second kappa shape index (κ2) is 4.14. The highest BCUT2D eigenvalue weighted by molar-refractivity contribution is 7.75. The topological polar surface area (TPSA) is 43.4 Å². The Labute approximate surface area is 58.3 Å². The van der Waals surface area contributed by atoms with Gasteiger partial charge in [-0.1, -0.05) is 6.58 Å². The molecule has 0 amide bonds. The molecule has 0 atom stereocenters. The van der Waals surface area contributed by atoms with Gasteiger partial charge in [-0.25, -0.2) is 0 Å². The Bertz CT molecular complexity index is 141. The van der Waals surface area contributed by atoms with Crippen LogP contribution in [0.2, 0.25) is 0 Å². The summed E-state index contributed by atoms with van der Waals surface area (Å²) in [5.41, 5.74) is 0. The fraction of sp³-hybridized carbons (Fsp3) is 0.200. The number of rotatable bonds is 3. The normalized spacial score (nSPS) is 8.11. The molecule has 0 aromatic heterocycles. The van der Waals surface area contributed by atoms with Gasteiger partial charge < -0.3 is 4.18 Å². The van der Waals surface area contributed by atoms with Crippen molar-refractivity contribution in [3.63, 3.8) is 0 Å². The lowest BCUT2D eigenvalue weighted by Crippen LogP contribution is -2.03. The van der Waals surface area contributed by atoms with Crippen LogP contribution in [-0.2, 0) is 13.8 Å². The summed E-state index contributed by atoms with van der Waals surface area (Å²) in [6.45, 7) is 3.17. The van der Waals surface area contributed by atoms with Gasteiger partial charge in [0.15, 0.2) is 5.78 Å². The second-order valence-corrected chi connectivity index (χ2v) is 1.49. The van der Waals surface area contributed by atoms with E-state index in [0.717, 1.165) is 6.08 Å². The summed E-state index contributed by atoms with van der Waals surface area (Å²) in [4.78, 5) is 20.5. The Morgan fingerprint density at radius 3 is 2.56 bits per heavy atom. The van der Waals surface area contributed by atoms with Gasteiger partial charge in [-0.15, -0.1) is 0 Å². The lowest BCUT2D eigenvalue weighted by Gasteiger charge is -1.89. The van der Waals surface area contributed by atoms with Crippen LogP contribution in [0.3, 0.4) is 0 Å². The van der Waals surface area contributed by atoms with E-state index in [9.17, 15) is 9.59 Å². The van der Waals surface area contributed by atoms with Crippen LogP contribution in [0.15, 0.2) is 12.7 Å². The maximum Gasteiger partial charge on any atom is 0.325 e. The standard InChI is InChI=1S/C5H6O3S/c1-2-4(6)3-5(7)8-9/h2,9H,1,3H2. The molecule has 0 aliphatic rings. The molecule has 0 aromatic rings. The highest BCUT2D eigenvalue weighted by Crippen LogP contribution is 1.90. The van der Waals surface area contributed by atoms with Gasteiger partial charge in [-0.3, -0.25) is 9.59 Å². The van der Waals surface area contributed by atoms with Gasteiger partial charge in [0, 0.05) is 12.9 Å². The van der Waals surface area contributed by atoms with E-state index in [-0.39, 0.29) is 12.2 Å². The average molecular weight is 146 g/mol. The molecule has 3 nitrogen and oxygen atoms in total. The molecule has 9 heavy (non-hydrogen) atoms. The quantitative estimate of drug-likeness (QED) is 0.273. The van der Waals surface area contributed by atoms with Crippen molar-refractivity contribution in [3.8, 4) is 0 Å². The van der Waals surface area contributed by atoms with E-state index in [2.05, 4.69) is 23.7 Å². The van der Waals surface area contributed by atoms with Crippen molar-refractivity contribution in [1.29, 1.82) is 0 Å². The number of carbonyl (C=O) groups is 2. The Balaban J connectivity index is 3.59. The monoisotopic (exact) mass is 146 g/mol. The lowest BCUT2D eigenvalue weighted by molar-refractivity contribution is -0.135. The van der Waals surface area contributed by atoms with E-state index in [4.69, 9.17) is 0 Å². The van der Waals surface area contributed by atoms with Crippen LogP contribution in [0.5, 0.6) is 0 Å².